The molecule has 0 aromatic heterocycles. The van der Waals surface area contributed by atoms with Crippen LogP contribution < -0.4 is 18.1 Å². The second-order valence-corrected chi connectivity index (χ2v) is 7.94. The number of quaternary nitrogens is 1. The first kappa shape index (κ1) is 24.7. The molecule has 1 aromatic rings. The molecule has 0 bridgehead atoms. The summed E-state index contributed by atoms with van der Waals surface area (Å²) < 4.78 is 0. The van der Waals surface area contributed by atoms with Crippen LogP contribution in [0.3, 0.4) is 0 Å². The van der Waals surface area contributed by atoms with Gasteiger partial charge in [0.1, 0.15) is 0 Å². The van der Waals surface area contributed by atoms with Crippen LogP contribution in [0.2, 0.25) is 0 Å². The van der Waals surface area contributed by atoms with E-state index in [0.29, 0.717) is 0 Å². The SMILES string of the molecule is [Cl-].[NH3+]CCCCCCCCCCCCCC1=CCC(=Cc2ccccc2)C=C1. The number of rotatable bonds is 14. The Kier molecular flexibility index (Phi) is 14.7. The molecule has 0 spiro atoms. The Morgan fingerprint density at radius 3 is 1.82 bits per heavy atom. The Hall–Kier alpha value is -1.31. The number of hydrogen-bond donors (Lipinski definition) is 1. The minimum atomic E-state index is 0. The first-order valence-electron chi connectivity index (χ1n) is 11.3. The van der Waals surface area contributed by atoms with Crippen LogP contribution >= 0.6 is 0 Å². The third-order valence-corrected chi connectivity index (χ3v) is 5.48. The van der Waals surface area contributed by atoms with Crippen LogP contribution in [0.1, 0.15) is 89.0 Å². The number of unbranched alkanes of at least 4 members (excludes halogenated alkanes) is 10. The van der Waals surface area contributed by atoms with Gasteiger partial charge in [-0.2, -0.15) is 0 Å². The van der Waals surface area contributed by atoms with E-state index in [2.05, 4.69) is 60.4 Å². The van der Waals surface area contributed by atoms with Gasteiger partial charge in [0.15, 0.2) is 0 Å². The Bertz CT molecular complexity index is 586. The molecule has 0 saturated carbocycles. The zero-order chi connectivity index (χ0) is 19.0. The molecule has 0 aliphatic heterocycles. The van der Waals surface area contributed by atoms with Crippen molar-refractivity contribution in [3.63, 3.8) is 0 Å². The quantitative estimate of drug-likeness (QED) is 0.458. The van der Waals surface area contributed by atoms with Crippen molar-refractivity contribution in [3.05, 3.63) is 65.3 Å². The number of hydrogen-bond acceptors (Lipinski definition) is 0. The lowest BCUT2D eigenvalue weighted by atomic mass is 9.96. The molecule has 1 nitrogen and oxygen atoms in total. The summed E-state index contributed by atoms with van der Waals surface area (Å²) in [4.78, 5) is 0. The summed E-state index contributed by atoms with van der Waals surface area (Å²) >= 11 is 0. The van der Waals surface area contributed by atoms with Gasteiger partial charge in [-0.3, -0.25) is 0 Å². The third-order valence-electron chi connectivity index (χ3n) is 5.48. The number of benzene rings is 1. The van der Waals surface area contributed by atoms with E-state index in [1.165, 1.54) is 93.8 Å². The average molecular weight is 402 g/mol. The van der Waals surface area contributed by atoms with Crippen LogP contribution in [0.5, 0.6) is 0 Å². The zero-order valence-corrected chi connectivity index (χ0v) is 18.4. The van der Waals surface area contributed by atoms with Crippen molar-refractivity contribution in [3.8, 4) is 0 Å². The minimum Gasteiger partial charge on any atom is -1.00 e. The van der Waals surface area contributed by atoms with Gasteiger partial charge in [0.05, 0.1) is 6.54 Å². The van der Waals surface area contributed by atoms with Crippen molar-refractivity contribution in [2.75, 3.05) is 6.54 Å². The molecular weight excluding hydrogens is 362 g/mol. The third kappa shape index (κ3) is 11.5. The molecule has 0 radical (unpaired) electrons. The van der Waals surface area contributed by atoms with Crippen LogP contribution in [0, 0.1) is 0 Å². The summed E-state index contributed by atoms with van der Waals surface area (Å²) in [5, 5.41) is 0. The lowest BCUT2D eigenvalue weighted by Crippen LogP contribution is -3.00. The van der Waals surface area contributed by atoms with Gasteiger partial charge in [-0.25, -0.2) is 0 Å². The van der Waals surface area contributed by atoms with Gasteiger partial charge < -0.3 is 18.1 Å². The van der Waals surface area contributed by atoms with E-state index in [-0.39, 0.29) is 12.4 Å². The van der Waals surface area contributed by atoms with Crippen molar-refractivity contribution in [1.82, 2.24) is 0 Å². The van der Waals surface area contributed by atoms with Gasteiger partial charge in [-0.1, -0.05) is 112 Å². The molecule has 3 N–H and O–H groups in total. The fourth-order valence-corrected chi connectivity index (χ4v) is 3.75. The highest BCUT2D eigenvalue weighted by molar-refractivity contribution is 5.57. The molecule has 2 heteroatoms. The Balaban J connectivity index is 0.00000392. The summed E-state index contributed by atoms with van der Waals surface area (Å²) in [5.41, 5.74) is 8.15. The van der Waals surface area contributed by atoms with E-state index in [4.69, 9.17) is 0 Å². The van der Waals surface area contributed by atoms with Crippen molar-refractivity contribution < 1.29 is 18.1 Å². The molecule has 0 atom stereocenters. The maximum atomic E-state index is 3.91. The van der Waals surface area contributed by atoms with Crippen LogP contribution in [-0.4, -0.2) is 6.54 Å². The second-order valence-electron chi connectivity index (χ2n) is 7.94. The molecule has 1 aromatic carbocycles. The van der Waals surface area contributed by atoms with Crippen LogP contribution in [0.25, 0.3) is 6.08 Å². The Morgan fingerprint density at radius 1 is 0.714 bits per heavy atom. The molecule has 28 heavy (non-hydrogen) atoms. The average Bonchev–Trinajstić information content (AvgIpc) is 2.71. The molecule has 0 unspecified atom stereocenters. The fraction of sp³-hybridized carbons (Fsp3) is 0.538. The predicted octanol–water partition coefficient (Wildman–Crippen LogP) is 3.88. The molecular formula is C26H40ClN. The maximum absolute atomic E-state index is 3.91. The maximum Gasteiger partial charge on any atom is 0.0739 e. The highest BCUT2D eigenvalue weighted by Gasteiger charge is 2.02. The Morgan fingerprint density at radius 2 is 1.29 bits per heavy atom. The Labute approximate surface area is 179 Å². The van der Waals surface area contributed by atoms with Crippen LogP contribution in [-0.2, 0) is 0 Å². The lowest BCUT2D eigenvalue weighted by Gasteiger charge is -2.10. The van der Waals surface area contributed by atoms with Crippen molar-refractivity contribution in [2.24, 2.45) is 0 Å². The minimum absolute atomic E-state index is 0. The van der Waals surface area contributed by atoms with E-state index >= 15 is 0 Å². The normalized spacial score (nSPS) is 14.8. The van der Waals surface area contributed by atoms with Crippen molar-refractivity contribution in [1.29, 1.82) is 0 Å². The van der Waals surface area contributed by atoms with Crippen molar-refractivity contribution in [2.45, 2.75) is 83.5 Å². The lowest BCUT2D eigenvalue weighted by molar-refractivity contribution is -0.368. The van der Waals surface area contributed by atoms with E-state index in [9.17, 15) is 0 Å². The van der Waals surface area contributed by atoms with Crippen LogP contribution in [0.15, 0.2) is 59.7 Å². The summed E-state index contributed by atoms with van der Waals surface area (Å²) in [7, 11) is 0. The van der Waals surface area contributed by atoms with E-state index in [1.807, 2.05) is 0 Å². The monoisotopic (exact) mass is 401 g/mol. The topological polar surface area (TPSA) is 27.6 Å². The van der Waals surface area contributed by atoms with Gasteiger partial charge in [-0.15, -0.1) is 0 Å². The van der Waals surface area contributed by atoms with E-state index < -0.39 is 0 Å². The molecule has 1 aliphatic carbocycles. The molecule has 0 amide bonds. The first-order valence-corrected chi connectivity index (χ1v) is 11.3. The number of allylic oxidation sites excluding steroid dienone is 5. The predicted molar refractivity (Wildman–Crippen MR) is 119 cm³/mol. The molecule has 0 fully saturated rings. The smallest absolute Gasteiger partial charge is 0.0739 e. The molecule has 156 valence electrons. The summed E-state index contributed by atoms with van der Waals surface area (Å²) in [5.74, 6) is 0. The van der Waals surface area contributed by atoms with Gasteiger partial charge >= 0.3 is 0 Å². The van der Waals surface area contributed by atoms with Gasteiger partial charge in [-0.05, 0) is 43.2 Å². The standard InChI is InChI=1S/C26H39N.ClH/c27-22-14-9-7-5-3-1-2-4-6-8-11-15-24-18-20-26(21-19-24)23-25-16-12-10-13-17-25;/h10,12-13,16-20,23H,1-9,11,14-15,21-22,27H2;1H. The summed E-state index contributed by atoms with van der Waals surface area (Å²) in [6, 6.07) is 10.6. The summed E-state index contributed by atoms with van der Waals surface area (Å²) in [6.07, 6.45) is 27.1. The molecule has 2 rings (SSSR count). The van der Waals surface area contributed by atoms with Gasteiger partial charge in [0.2, 0.25) is 0 Å². The highest BCUT2D eigenvalue weighted by Crippen LogP contribution is 2.22. The molecule has 1 aliphatic rings. The number of halogens is 1. The second kappa shape index (κ2) is 16.6. The first-order chi connectivity index (χ1) is 13.4. The molecule has 0 heterocycles. The van der Waals surface area contributed by atoms with Gasteiger partial charge in [0, 0.05) is 0 Å². The largest absolute Gasteiger partial charge is 1.00 e. The molecule has 0 saturated heterocycles. The fourth-order valence-electron chi connectivity index (χ4n) is 3.75. The van der Waals surface area contributed by atoms with Crippen LogP contribution in [0.4, 0.5) is 0 Å². The summed E-state index contributed by atoms with van der Waals surface area (Å²) in [6.45, 7) is 1.11. The van der Waals surface area contributed by atoms with E-state index in [1.54, 1.807) is 0 Å². The van der Waals surface area contributed by atoms with E-state index in [0.717, 1.165) is 13.0 Å². The highest BCUT2D eigenvalue weighted by atomic mass is 35.5. The zero-order valence-electron chi connectivity index (χ0n) is 17.7. The van der Waals surface area contributed by atoms with Crippen molar-refractivity contribution >= 4 is 6.08 Å². The van der Waals surface area contributed by atoms with Gasteiger partial charge in [0.25, 0.3) is 0 Å².